The quantitative estimate of drug-likeness (QED) is 0.699. The number of halogens is 2. The van der Waals surface area contributed by atoms with Gasteiger partial charge in [0.05, 0.1) is 6.54 Å². The highest BCUT2D eigenvalue weighted by Crippen LogP contribution is 2.13. The summed E-state index contributed by atoms with van der Waals surface area (Å²) in [5.41, 5.74) is 0.725. The van der Waals surface area contributed by atoms with Crippen LogP contribution in [0.25, 0.3) is 0 Å². The third kappa shape index (κ3) is 7.91. The van der Waals surface area contributed by atoms with E-state index in [2.05, 4.69) is 17.6 Å². The summed E-state index contributed by atoms with van der Waals surface area (Å²) < 4.78 is 0. The summed E-state index contributed by atoms with van der Waals surface area (Å²) in [5.74, 6) is 0.0890. The highest BCUT2D eigenvalue weighted by atomic mass is 35.5. The standard InChI is InChI=1S/C18H27ClN4O2.ClH/c1-2-10-22(11-7-18(25)23-12-8-20-9-13-23)14-17(24)21-16-5-3-15(19)4-6-16;/h3-6,20H,2,7-14H2,1H3,(H,21,24);1H. The van der Waals surface area contributed by atoms with Crippen LogP contribution < -0.4 is 10.6 Å². The van der Waals surface area contributed by atoms with Gasteiger partial charge in [-0.2, -0.15) is 0 Å². The first-order valence-electron chi connectivity index (χ1n) is 8.84. The largest absolute Gasteiger partial charge is 0.340 e. The van der Waals surface area contributed by atoms with Gasteiger partial charge in [-0.15, -0.1) is 12.4 Å². The van der Waals surface area contributed by atoms with Crippen molar-refractivity contribution in [2.75, 3.05) is 51.1 Å². The first-order valence-corrected chi connectivity index (χ1v) is 9.22. The number of nitrogens with one attached hydrogen (secondary N) is 2. The van der Waals surface area contributed by atoms with Crippen LogP contribution in [0.4, 0.5) is 5.69 Å². The molecule has 0 unspecified atom stereocenters. The maximum absolute atomic E-state index is 12.3. The van der Waals surface area contributed by atoms with Crippen LogP contribution in [0.2, 0.25) is 5.02 Å². The SMILES string of the molecule is CCCN(CCC(=O)N1CCNCC1)CC(=O)Nc1ccc(Cl)cc1.Cl. The van der Waals surface area contributed by atoms with Gasteiger partial charge in [0.1, 0.15) is 0 Å². The molecule has 1 aromatic rings. The van der Waals surface area contributed by atoms with E-state index in [1.165, 1.54) is 0 Å². The molecule has 1 aliphatic rings. The predicted octanol–water partition coefficient (Wildman–Crippen LogP) is 2.23. The van der Waals surface area contributed by atoms with Crippen molar-refractivity contribution in [1.82, 2.24) is 15.1 Å². The Morgan fingerprint density at radius 1 is 1.19 bits per heavy atom. The van der Waals surface area contributed by atoms with Gasteiger partial charge in [-0.3, -0.25) is 14.5 Å². The van der Waals surface area contributed by atoms with Gasteiger partial charge in [-0.05, 0) is 37.2 Å². The monoisotopic (exact) mass is 402 g/mol. The molecule has 1 aromatic carbocycles. The molecule has 0 atom stereocenters. The predicted molar refractivity (Wildman–Crippen MR) is 108 cm³/mol. The van der Waals surface area contributed by atoms with E-state index in [0.29, 0.717) is 18.0 Å². The maximum atomic E-state index is 12.3. The van der Waals surface area contributed by atoms with Crippen LogP contribution in [0.3, 0.4) is 0 Å². The van der Waals surface area contributed by atoms with E-state index >= 15 is 0 Å². The molecule has 2 N–H and O–H groups in total. The summed E-state index contributed by atoms with van der Waals surface area (Å²) in [5, 5.41) is 6.74. The Labute approximate surface area is 166 Å². The molecule has 0 spiro atoms. The number of amides is 2. The summed E-state index contributed by atoms with van der Waals surface area (Å²) in [6.45, 7) is 7.00. The summed E-state index contributed by atoms with van der Waals surface area (Å²) in [6, 6.07) is 7.04. The molecule has 26 heavy (non-hydrogen) atoms. The minimum atomic E-state index is -0.0783. The number of piperazine rings is 1. The molecule has 0 bridgehead atoms. The van der Waals surface area contributed by atoms with E-state index in [0.717, 1.165) is 44.8 Å². The molecule has 0 radical (unpaired) electrons. The fraction of sp³-hybridized carbons (Fsp3) is 0.556. The molecule has 0 saturated carbocycles. The highest BCUT2D eigenvalue weighted by molar-refractivity contribution is 6.30. The molecule has 1 heterocycles. The third-order valence-electron chi connectivity index (χ3n) is 4.15. The molecule has 1 fully saturated rings. The molecule has 8 heteroatoms. The zero-order chi connectivity index (χ0) is 18.1. The van der Waals surface area contributed by atoms with E-state index in [4.69, 9.17) is 11.6 Å². The van der Waals surface area contributed by atoms with Crippen molar-refractivity contribution in [2.45, 2.75) is 19.8 Å². The van der Waals surface area contributed by atoms with Crippen LogP contribution in [0.5, 0.6) is 0 Å². The van der Waals surface area contributed by atoms with Gasteiger partial charge in [0.2, 0.25) is 11.8 Å². The lowest BCUT2D eigenvalue weighted by atomic mass is 10.2. The first kappa shape index (κ1) is 22.7. The van der Waals surface area contributed by atoms with E-state index in [9.17, 15) is 9.59 Å². The van der Waals surface area contributed by atoms with Crippen molar-refractivity contribution < 1.29 is 9.59 Å². The second kappa shape index (κ2) is 12.1. The van der Waals surface area contributed by atoms with Gasteiger partial charge in [-0.25, -0.2) is 0 Å². The number of anilines is 1. The van der Waals surface area contributed by atoms with Crippen LogP contribution in [-0.4, -0.2) is 67.4 Å². The average molecular weight is 403 g/mol. The molecule has 146 valence electrons. The number of hydrogen-bond acceptors (Lipinski definition) is 4. The summed E-state index contributed by atoms with van der Waals surface area (Å²) in [6.07, 6.45) is 1.39. The van der Waals surface area contributed by atoms with E-state index in [-0.39, 0.29) is 30.8 Å². The smallest absolute Gasteiger partial charge is 0.238 e. The Kier molecular flexibility index (Phi) is 10.6. The molecule has 0 aromatic heterocycles. The van der Waals surface area contributed by atoms with Crippen LogP contribution in [0, 0.1) is 0 Å². The lowest BCUT2D eigenvalue weighted by Gasteiger charge is -2.28. The van der Waals surface area contributed by atoms with Crippen molar-refractivity contribution in [3.05, 3.63) is 29.3 Å². The van der Waals surface area contributed by atoms with Crippen molar-refractivity contribution >= 4 is 41.5 Å². The molecule has 1 aliphatic heterocycles. The Balaban J connectivity index is 0.00000338. The summed E-state index contributed by atoms with van der Waals surface area (Å²) in [4.78, 5) is 28.4. The molecule has 6 nitrogen and oxygen atoms in total. The normalized spacial score (nSPS) is 14.0. The van der Waals surface area contributed by atoms with Gasteiger partial charge in [0.15, 0.2) is 0 Å². The number of hydrogen-bond donors (Lipinski definition) is 2. The lowest BCUT2D eigenvalue weighted by Crippen LogP contribution is -2.47. The van der Waals surface area contributed by atoms with Crippen LogP contribution in [0.15, 0.2) is 24.3 Å². The Bertz CT molecular complexity index is 563. The van der Waals surface area contributed by atoms with Crippen LogP contribution >= 0.6 is 24.0 Å². The highest BCUT2D eigenvalue weighted by Gasteiger charge is 2.18. The molecule has 2 amide bonds. The number of rotatable bonds is 8. The van der Waals surface area contributed by atoms with Gasteiger partial charge < -0.3 is 15.5 Å². The number of carbonyl (C=O) groups excluding carboxylic acids is 2. The molecular weight excluding hydrogens is 375 g/mol. The van der Waals surface area contributed by atoms with Crippen molar-refractivity contribution in [3.8, 4) is 0 Å². The van der Waals surface area contributed by atoms with Gasteiger partial charge in [0, 0.05) is 49.9 Å². The van der Waals surface area contributed by atoms with Crippen LogP contribution in [0.1, 0.15) is 19.8 Å². The van der Waals surface area contributed by atoms with Gasteiger partial charge >= 0.3 is 0 Å². The number of benzene rings is 1. The third-order valence-corrected chi connectivity index (χ3v) is 4.40. The Hall–Kier alpha value is -1.34. The first-order chi connectivity index (χ1) is 12.1. The van der Waals surface area contributed by atoms with Crippen LogP contribution in [-0.2, 0) is 9.59 Å². The van der Waals surface area contributed by atoms with Crippen molar-refractivity contribution in [3.63, 3.8) is 0 Å². The summed E-state index contributed by atoms with van der Waals surface area (Å²) >= 11 is 5.85. The van der Waals surface area contributed by atoms with Gasteiger partial charge in [0.25, 0.3) is 0 Å². The van der Waals surface area contributed by atoms with Crippen molar-refractivity contribution in [2.24, 2.45) is 0 Å². The van der Waals surface area contributed by atoms with E-state index in [1.807, 2.05) is 9.80 Å². The van der Waals surface area contributed by atoms with E-state index < -0.39 is 0 Å². The Morgan fingerprint density at radius 2 is 1.85 bits per heavy atom. The maximum Gasteiger partial charge on any atom is 0.238 e. The van der Waals surface area contributed by atoms with Gasteiger partial charge in [-0.1, -0.05) is 18.5 Å². The minimum absolute atomic E-state index is 0. The zero-order valence-corrected chi connectivity index (χ0v) is 16.7. The average Bonchev–Trinajstić information content (AvgIpc) is 2.62. The second-order valence-corrected chi connectivity index (χ2v) is 6.65. The fourth-order valence-corrected chi connectivity index (χ4v) is 2.98. The lowest BCUT2D eigenvalue weighted by molar-refractivity contribution is -0.132. The molecular formula is C18H28Cl2N4O2. The fourth-order valence-electron chi connectivity index (χ4n) is 2.85. The number of nitrogens with zero attached hydrogens (tertiary/aromatic N) is 2. The van der Waals surface area contributed by atoms with E-state index in [1.54, 1.807) is 24.3 Å². The topological polar surface area (TPSA) is 64.7 Å². The number of carbonyl (C=O) groups is 2. The minimum Gasteiger partial charge on any atom is -0.340 e. The Morgan fingerprint density at radius 3 is 2.46 bits per heavy atom. The second-order valence-electron chi connectivity index (χ2n) is 6.21. The summed E-state index contributed by atoms with van der Waals surface area (Å²) in [7, 11) is 0. The van der Waals surface area contributed by atoms with Crippen molar-refractivity contribution in [1.29, 1.82) is 0 Å². The molecule has 2 rings (SSSR count). The molecule has 1 saturated heterocycles. The zero-order valence-electron chi connectivity index (χ0n) is 15.2. The molecule has 0 aliphatic carbocycles.